The molecule has 7 nitrogen and oxygen atoms in total. The van der Waals surface area contributed by atoms with Gasteiger partial charge in [0.2, 0.25) is 0 Å². The van der Waals surface area contributed by atoms with E-state index in [1.807, 2.05) is 20.1 Å². The number of fused-ring (bicyclic) bond motifs is 1. The molecule has 0 saturated carbocycles. The highest BCUT2D eigenvalue weighted by Gasteiger charge is 2.12. The SMILES string of the molecule is CSc1nc(C)c(CCC(=O)OCc2cc(=O)n3cc(Cl)ccc3n2)c(C)n1. The van der Waals surface area contributed by atoms with Gasteiger partial charge in [-0.3, -0.25) is 14.0 Å². The Bertz CT molecular complexity index is 1080. The van der Waals surface area contributed by atoms with Crippen LogP contribution in [-0.2, 0) is 22.6 Å². The number of ether oxygens (including phenoxy) is 1. The third kappa shape index (κ3) is 4.69. The van der Waals surface area contributed by atoms with E-state index in [4.69, 9.17) is 16.3 Å². The molecule has 0 aliphatic carbocycles. The zero-order valence-electron chi connectivity index (χ0n) is 15.7. The summed E-state index contributed by atoms with van der Waals surface area (Å²) < 4.78 is 6.63. The van der Waals surface area contributed by atoms with Gasteiger partial charge < -0.3 is 4.74 Å². The molecule has 0 radical (unpaired) electrons. The monoisotopic (exact) mass is 418 g/mol. The maximum absolute atomic E-state index is 12.1. The third-order valence-corrected chi connectivity index (χ3v) is 4.99. The largest absolute Gasteiger partial charge is 0.459 e. The molecule has 0 aliphatic rings. The van der Waals surface area contributed by atoms with E-state index in [-0.39, 0.29) is 24.6 Å². The van der Waals surface area contributed by atoms with Crippen LogP contribution < -0.4 is 5.56 Å². The zero-order chi connectivity index (χ0) is 20.3. The summed E-state index contributed by atoms with van der Waals surface area (Å²) in [5, 5.41) is 1.16. The molecular weight excluding hydrogens is 400 g/mol. The number of carbonyl (C=O) groups excluding carboxylic acids is 1. The Morgan fingerprint density at radius 3 is 2.61 bits per heavy atom. The molecule has 3 aromatic heterocycles. The number of halogens is 1. The first-order valence-electron chi connectivity index (χ1n) is 8.59. The van der Waals surface area contributed by atoms with Gasteiger partial charge >= 0.3 is 5.97 Å². The zero-order valence-corrected chi connectivity index (χ0v) is 17.3. The molecule has 146 valence electrons. The second kappa shape index (κ2) is 8.70. The summed E-state index contributed by atoms with van der Waals surface area (Å²) in [6, 6.07) is 4.62. The second-order valence-corrected chi connectivity index (χ2v) is 7.39. The molecule has 9 heteroatoms. The predicted molar refractivity (Wildman–Crippen MR) is 108 cm³/mol. The van der Waals surface area contributed by atoms with Crippen molar-refractivity contribution in [2.75, 3.05) is 6.26 Å². The predicted octanol–water partition coefficient (Wildman–Crippen LogP) is 3.15. The van der Waals surface area contributed by atoms with Crippen molar-refractivity contribution < 1.29 is 9.53 Å². The van der Waals surface area contributed by atoms with Gasteiger partial charge in [-0.1, -0.05) is 23.4 Å². The summed E-state index contributed by atoms with van der Waals surface area (Å²) in [6.45, 7) is 3.76. The van der Waals surface area contributed by atoms with Crippen LogP contribution in [0.4, 0.5) is 0 Å². The molecule has 28 heavy (non-hydrogen) atoms. The number of thioether (sulfide) groups is 1. The summed E-state index contributed by atoms with van der Waals surface area (Å²) in [6.07, 6.45) is 4.12. The van der Waals surface area contributed by atoms with Crippen LogP contribution in [0.1, 0.15) is 29.1 Å². The molecule has 0 atom stereocenters. The average Bonchev–Trinajstić information content (AvgIpc) is 2.66. The summed E-state index contributed by atoms with van der Waals surface area (Å²) >= 11 is 7.37. The lowest BCUT2D eigenvalue weighted by molar-refractivity contribution is -0.145. The molecule has 0 bridgehead atoms. The van der Waals surface area contributed by atoms with Crippen molar-refractivity contribution in [1.82, 2.24) is 19.4 Å². The van der Waals surface area contributed by atoms with Crippen LogP contribution in [0.2, 0.25) is 5.02 Å². The number of carbonyl (C=O) groups is 1. The molecule has 3 heterocycles. The van der Waals surface area contributed by atoms with Gasteiger partial charge in [0, 0.05) is 30.1 Å². The summed E-state index contributed by atoms with van der Waals surface area (Å²) in [5.74, 6) is -0.370. The van der Waals surface area contributed by atoms with E-state index in [1.54, 1.807) is 12.1 Å². The normalized spacial score (nSPS) is 11.0. The average molecular weight is 419 g/mol. The highest BCUT2D eigenvalue weighted by molar-refractivity contribution is 7.98. The van der Waals surface area contributed by atoms with Crippen LogP contribution in [0.3, 0.4) is 0 Å². The second-order valence-electron chi connectivity index (χ2n) is 6.18. The van der Waals surface area contributed by atoms with E-state index < -0.39 is 0 Å². The fourth-order valence-electron chi connectivity index (χ4n) is 2.82. The lowest BCUT2D eigenvalue weighted by Crippen LogP contribution is -2.16. The van der Waals surface area contributed by atoms with Crippen molar-refractivity contribution in [3.8, 4) is 0 Å². The highest BCUT2D eigenvalue weighted by atomic mass is 35.5. The van der Waals surface area contributed by atoms with Crippen molar-refractivity contribution in [2.45, 2.75) is 38.5 Å². The van der Waals surface area contributed by atoms with Gasteiger partial charge in [-0.05, 0) is 44.2 Å². The maximum Gasteiger partial charge on any atom is 0.306 e. The standard InChI is InChI=1S/C19H19ClN4O3S/c1-11-15(12(2)22-19(21-11)28-3)5-7-18(26)27-10-14-8-17(25)24-9-13(20)4-6-16(24)23-14/h4,6,8-9H,5,7,10H2,1-3H3. The molecule has 0 N–H and O–H groups in total. The van der Waals surface area contributed by atoms with Crippen LogP contribution in [0.5, 0.6) is 0 Å². The van der Waals surface area contributed by atoms with Crippen LogP contribution in [0.15, 0.2) is 34.3 Å². The number of aryl methyl sites for hydroxylation is 2. The number of hydrogen-bond donors (Lipinski definition) is 0. The number of hydrogen-bond acceptors (Lipinski definition) is 7. The molecule has 0 aliphatic heterocycles. The van der Waals surface area contributed by atoms with Gasteiger partial charge in [-0.2, -0.15) is 0 Å². The fourth-order valence-corrected chi connectivity index (χ4v) is 3.43. The minimum atomic E-state index is -0.370. The molecule has 3 rings (SSSR count). The Labute approximate surface area is 171 Å². The number of pyridine rings is 1. The van der Waals surface area contributed by atoms with Gasteiger partial charge in [0.1, 0.15) is 12.3 Å². The van der Waals surface area contributed by atoms with Gasteiger partial charge in [0.25, 0.3) is 5.56 Å². The smallest absolute Gasteiger partial charge is 0.306 e. The molecule has 0 unspecified atom stereocenters. The summed E-state index contributed by atoms with van der Waals surface area (Å²) in [7, 11) is 0. The molecule has 0 fully saturated rings. The first-order chi connectivity index (χ1) is 13.4. The van der Waals surface area contributed by atoms with Crippen LogP contribution in [0, 0.1) is 13.8 Å². The van der Waals surface area contributed by atoms with Crippen LogP contribution >= 0.6 is 23.4 Å². The van der Waals surface area contributed by atoms with Crippen LogP contribution in [-0.4, -0.2) is 31.6 Å². The van der Waals surface area contributed by atoms with E-state index in [9.17, 15) is 9.59 Å². The van der Waals surface area contributed by atoms with E-state index in [1.165, 1.54) is 28.4 Å². The van der Waals surface area contributed by atoms with E-state index in [0.29, 0.717) is 22.8 Å². The van der Waals surface area contributed by atoms with Crippen molar-refractivity contribution in [3.63, 3.8) is 0 Å². The fraction of sp³-hybridized carbons (Fsp3) is 0.316. The van der Waals surface area contributed by atoms with E-state index in [2.05, 4.69) is 15.0 Å². The molecular formula is C19H19ClN4O3S. The molecule has 0 saturated heterocycles. The Morgan fingerprint density at radius 2 is 1.93 bits per heavy atom. The van der Waals surface area contributed by atoms with Crippen LogP contribution in [0.25, 0.3) is 5.65 Å². The Morgan fingerprint density at radius 1 is 1.21 bits per heavy atom. The van der Waals surface area contributed by atoms with E-state index >= 15 is 0 Å². The third-order valence-electron chi connectivity index (χ3n) is 4.22. The summed E-state index contributed by atoms with van der Waals surface area (Å²) in [4.78, 5) is 37.4. The molecule has 0 aromatic carbocycles. The highest BCUT2D eigenvalue weighted by Crippen LogP contribution is 2.17. The maximum atomic E-state index is 12.1. The first kappa shape index (κ1) is 20.3. The lowest BCUT2D eigenvalue weighted by atomic mass is 10.1. The van der Waals surface area contributed by atoms with Gasteiger partial charge in [0.15, 0.2) is 5.16 Å². The number of aromatic nitrogens is 4. The number of esters is 1. The molecule has 0 amide bonds. The Kier molecular flexibility index (Phi) is 6.31. The van der Waals surface area contributed by atoms with Crippen molar-refractivity contribution in [1.29, 1.82) is 0 Å². The quantitative estimate of drug-likeness (QED) is 0.345. The van der Waals surface area contributed by atoms with E-state index in [0.717, 1.165) is 22.1 Å². The minimum Gasteiger partial charge on any atom is -0.459 e. The number of nitrogens with zero attached hydrogens (tertiary/aromatic N) is 4. The molecule has 3 aromatic rings. The summed E-state index contributed by atoms with van der Waals surface area (Å²) in [5.41, 5.74) is 3.24. The topological polar surface area (TPSA) is 86.5 Å². The minimum absolute atomic E-state index is 0.0624. The Hall–Kier alpha value is -2.45. The van der Waals surface area contributed by atoms with Gasteiger partial charge in [-0.25, -0.2) is 15.0 Å². The van der Waals surface area contributed by atoms with Gasteiger partial charge in [0.05, 0.1) is 10.7 Å². The number of rotatable bonds is 6. The van der Waals surface area contributed by atoms with Crippen molar-refractivity contribution in [2.24, 2.45) is 0 Å². The van der Waals surface area contributed by atoms with Gasteiger partial charge in [-0.15, -0.1) is 0 Å². The first-order valence-corrected chi connectivity index (χ1v) is 10.2. The molecule has 0 spiro atoms. The Balaban J connectivity index is 1.63. The lowest BCUT2D eigenvalue weighted by Gasteiger charge is -2.10. The van der Waals surface area contributed by atoms with Crippen molar-refractivity contribution >= 4 is 35.0 Å². The van der Waals surface area contributed by atoms with Crippen molar-refractivity contribution in [3.05, 3.63) is 62.4 Å².